The number of primary amides is 1. The fraction of sp³-hybridized carbons (Fsp3) is 0.188. The molecule has 0 aliphatic carbocycles. The molecule has 0 fully saturated rings. The van der Waals surface area contributed by atoms with Gasteiger partial charge in [0.1, 0.15) is 5.54 Å². The molecular formula is C16H17IN2O. The number of benzene rings is 2. The first kappa shape index (κ1) is 15.0. The fourth-order valence-corrected chi connectivity index (χ4v) is 2.35. The van der Waals surface area contributed by atoms with E-state index in [0.717, 1.165) is 14.7 Å². The van der Waals surface area contributed by atoms with Gasteiger partial charge in [-0.1, -0.05) is 42.5 Å². The molecule has 2 aromatic rings. The quantitative estimate of drug-likeness (QED) is 0.784. The van der Waals surface area contributed by atoms with Crippen molar-refractivity contribution < 1.29 is 4.79 Å². The first-order valence-electron chi connectivity index (χ1n) is 6.37. The zero-order chi connectivity index (χ0) is 14.6. The minimum atomic E-state index is -0.875. The lowest BCUT2D eigenvalue weighted by Gasteiger charge is -2.28. The van der Waals surface area contributed by atoms with Crippen LogP contribution in [0.2, 0.25) is 0 Å². The second-order valence-electron chi connectivity index (χ2n) is 4.84. The molecule has 0 aromatic heterocycles. The van der Waals surface area contributed by atoms with E-state index in [9.17, 15) is 4.79 Å². The van der Waals surface area contributed by atoms with Crippen LogP contribution >= 0.6 is 22.6 Å². The number of carbonyl (C=O) groups is 1. The zero-order valence-electron chi connectivity index (χ0n) is 11.3. The molecule has 2 rings (SSSR count). The topological polar surface area (TPSA) is 55.1 Å². The highest BCUT2D eigenvalue weighted by Crippen LogP contribution is 2.22. The van der Waals surface area contributed by atoms with Gasteiger partial charge in [-0.15, -0.1) is 0 Å². The molecule has 0 bridgehead atoms. The summed E-state index contributed by atoms with van der Waals surface area (Å²) in [5.74, 6) is -0.380. The molecule has 1 atom stereocenters. The average molecular weight is 380 g/mol. The van der Waals surface area contributed by atoms with Gasteiger partial charge < -0.3 is 5.73 Å². The molecule has 0 radical (unpaired) electrons. The maximum Gasteiger partial charge on any atom is 0.242 e. The Morgan fingerprint density at radius 1 is 1.15 bits per heavy atom. The van der Waals surface area contributed by atoms with Crippen LogP contribution in [0.4, 0.5) is 0 Å². The van der Waals surface area contributed by atoms with Crippen LogP contribution in [0, 0.1) is 3.57 Å². The minimum Gasteiger partial charge on any atom is -0.368 e. The monoisotopic (exact) mass is 380 g/mol. The van der Waals surface area contributed by atoms with E-state index in [2.05, 4.69) is 27.9 Å². The van der Waals surface area contributed by atoms with E-state index in [4.69, 9.17) is 5.73 Å². The Bertz CT molecular complexity index is 583. The van der Waals surface area contributed by atoms with Gasteiger partial charge in [-0.05, 0) is 52.8 Å². The highest BCUT2D eigenvalue weighted by molar-refractivity contribution is 14.1. The second kappa shape index (κ2) is 6.37. The van der Waals surface area contributed by atoms with Crippen LogP contribution in [0.1, 0.15) is 18.1 Å². The summed E-state index contributed by atoms with van der Waals surface area (Å²) < 4.78 is 1.13. The molecule has 3 nitrogen and oxygen atoms in total. The van der Waals surface area contributed by atoms with Crippen molar-refractivity contribution in [3.63, 3.8) is 0 Å². The summed E-state index contributed by atoms with van der Waals surface area (Å²) in [4.78, 5) is 11.9. The molecule has 1 amide bonds. The molecule has 0 saturated heterocycles. The molecule has 0 heterocycles. The summed E-state index contributed by atoms with van der Waals surface area (Å²) in [5, 5.41) is 3.27. The van der Waals surface area contributed by atoms with Crippen LogP contribution in [-0.4, -0.2) is 5.91 Å². The molecule has 2 aromatic carbocycles. The first-order valence-corrected chi connectivity index (χ1v) is 7.45. The lowest BCUT2D eigenvalue weighted by molar-refractivity contribution is -0.124. The van der Waals surface area contributed by atoms with Crippen LogP contribution in [0.5, 0.6) is 0 Å². The summed E-state index contributed by atoms with van der Waals surface area (Å²) in [6.07, 6.45) is 0. The summed E-state index contributed by atoms with van der Waals surface area (Å²) in [6, 6.07) is 17.8. The van der Waals surface area contributed by atoms with E-state index >= 15 is 0 Å². The maximum atomic E-state index is 11.9. The standard InChI is InChI=1S/C16H17IN2O/c1-16(15(18)20,13-7-9-14(17)10-8-13)19-11-12-5-3-2-4-6-12/h2-10,19H,11H2,1H3,(H2,18,20). The van der Waals surface area contributed by atoms with E-state index in [1.807, 2.05) is 61.5 Å². The van der Waals surface area contributed by atoms with E-state index in [0.29, 0.717) is 6.54 Å². The molecular weight excluding hydrogens is 363 g/mol. The molecule has 0 spiro atoms. The van der Waals surface area contributed by atoms with Gasteiger partial charge >= 0.3 is 0 Å². The number of hydrogen-bond acceptors (Lipinski definition) is 2. The molecule has 0 saturated carbocycles. The van der Waals surface area contributed by atoms with Crippen LogP contribution in [0.15, 0.2) is 54.6 Å². The largest absolute Gasteiger partial charge is 0.368 e. The summed E-state index contributed by atoms with van der Waals surface area (Å²) in [5.41, 5.74) is 6.72. The third kappa shape index (κ3) is 3.37. The maximum absolute atomic E-state index is 11.9. The zero-order valence-corrected chi connectivity index (χ0v) is 13.4. The molecule has 0 aliphatic rings. The van der Waals surface area contributed by atoms with Gasteiger partial charge in [-0.2, -0.15) is 0 Å². The molecule has 4 heteroatoms. The first-order chi connectivity index (χ1) is 9.52. The number of halogens is 1. The van der Waals surface area contributed by atoms with Crippen molar-refractivity contribution >= 4 is 28.5 Å². The highest BCUT2D eigenvalue weighted by atomic mass is 127. The predicted molar refractivity (Wildman–Crippen MR) is 89.0 cm³/mol. The fourth-order valence-electron chi connectivity index (χ4n) is 1.99. The van der Waals surface area contributed by atoms with Crippen LogP contribution < -0.4 is 11.1 Å². The average Bonchev–Trinajstić information content (AvgIpc) is 2.46. The van der Waals surface area contributed by atoms with Gasteiger partial charge in [-0.25, -0.2) is 0 Å². The Balaban J connectivity index is 2.21. The van der Waals surface area contributed by atoms with E-state index in [-0.39, 0.29) is 5.91 Å². The van der Waals surface area contributed by atoms with Crippen LogP contribution in [-0.2, 0) is 16.9 Å². The van der Waals surface area contributed by atoms with Gasteiger partial charge in [0.05, 0.1) is 0 Å². The van der Waals surface area contributed by atoms with E-state index in [1.165, 1.54) is 0 Å². The van der Waals surface area contributed by atoms with Gasteiger partial charge in [-0.3, -0.25) is 10.1 Å². The van der Waals surface area contributed by atoms with E-state index < -0.39 is 5.54 Å². The SMILES string of the molecule is CC(NCc1ccccc1)(C(N)=O)c1ccc(I)cc1. The smallest absolute Gasteiger partial charge is 0.242 e. The third-order valence-corrected chi connectivity index (χ3v) is 4.12. The highest BCUT2D eigenvalue weighted by Gasteiger charge is 2.32. The van der Waals surface area contributed by atoms with Crippen molar-refractivity contribution in [1.29, 1.82) is 0 Å². The van der Waals surface area contributed by atoms with Crippen molar-refractivity contribution in [3.05, 3.63) is 69.3 Å². The van der Waals surface area contributed by atoms with Gasteiger partial charge in [0.25, 0.3) is 0 Å². The van der Waals surface area contributed by atoms with Gasteiger partial charge in [0.2, 0.25) is 5.91 Å². The summed E-state index contributed by atoms with van der Waals surface area (Å²) in [7, 11) is 0. The Kier molecular flexibility index (Phi) is 4.77. The normalized spacial score (nSPS) is 13.7. The lowest BCUT2D eigenvalue weighted by atomic mass is 9.91. The van der Waals surface area contributed by atoms with Crippen molar-refractivity contribution in [3.8, 4) is 0 Å². The lowest BCUT2D eigenvalue weighted by Crippen LogP contribution is -2.50. The predicted octanol–water partition coefficient (Wildman–Crippen LogP) is 2.78. The Hall–Kier alpha value is -1.40. The van der Waals surface area contributed by atoms with Crippen molar-refractivity contribution in [2.75, 3.05) is 0 Å². The number of hydrogen-bond donors (Lipinski definition) is 2. The summed E-state index contributed by atoms with van der Waals surface area (Å²) >= 11 is 2.24. The molecule has 1 unspecified atom stereocenters. The Morgan fingerprint density at radius 3 is 2.30 bits per heavy atom. The number of nitrogens with one attached hydrogen (secondary N) is 1. The van der Waals surface area contributed by atoms with Gasteiger partial charge in [0, 0.05) is 10.1 Å². The van der Waals surface area contributed by atoms with E-state index in [1.54, 1.807) is 0 Å². The Morgan fingerprint density at radius 2 is 1.75 bits per heavy atom. The number of amides is 1. The molecule has 104 valence electrons. The van der Waals surface area contributed by atoms with Gasteiger partial charge in [0.15, 0.2) is 0 Å². The molecule has 20 heavy (non-hydrogen) atoms. The number of carbonyl (C=O) groups excluding carboxylic acids is 1. The second-order valence-corrected chi connectivity index (χ2v) is 6.08. The summed E-state index contributed by atoms with van der Waals surface area (Å²) in [6.45, 7) is 2.41. The minimum absolute atomic E-state index is 0.380. The van der Waals surface area contributed by atoms with Crippen molar-refractivity contribution in [1.82, 2.24) is 5.32 Å². The molecule has 3 N–H and O–H groups in total. The number of nitrogens with two attached hydrogens (primary N) is 1. The number of rotatable bonds is 5. The van der Waals surface area contributed by atoms with Crippen LogP contribution in [0.3, 0.4) is 0 Å². The van der Waals surface area contributed by atoms with Crippen molar-refractivity contribution in [2.45, 2.75) is 19.0 Å². The third-order valence-electron chi connectivity index (χ3n) is 3.40. The van der Waals surface area contributed by atoms with Crippen molar-refractivity contribution in [2.24, 2.45) is 5.73 Å². The Labute approximate surface area is 132 Å². The van der Waals surface area contributed by atoms with Crippen LogP contribution in [0.25, 0.3) is 0 Å². The molecule has 0 aliphatic heterocycles.